The van der Waals surface area contributed by atoms with Crippen LogP contribution in [0, 0.1) is 11.8 Å². The van der Waals surface area contributed by atoms with E-state index in [1.165, 1.54) is 12.8 Å². The number of hydrogen-bond donors (Lipinski definition) is 1. The first-order chi connectivity index (χ1) is 7.02. The number of nitrogens with zero attached hydrogens (tertiary/aromatic N) is 1. The summed E-state index contributed by atoms with van der Waals surface area (Å²) in [6, 6.07) is 0.0440. The number of nitrogens with one attached hydrogen (secondary N) is 1. The van der Waals surface area contributed by atoms with Crippen molar-refractivity contribution in [1.82, 2.24) is 10.2 Å². The van der Waals surface area contributed by atoms with Crippen molar-refractivity contribution in [1.29, 1.82) is 0 Å². The predicted octanol–water partition coefficient (Wildman–Crippen LogP) is 1.49. The minimum Gasteiger partial charge on any atom is -0.344 e. The molecule has 0 aliphatic carbocycles. The van der Waals surface area contributed by atoms with Crippen molar-refractivity contribution in [3.05, 3.63) is 0 Å². The number of rotatable bonds is 3. The van der Waals surface area contributed by atoms with Crippen molar-refractivity contribution in [2.24, 2.45) is 11.8 Å². The van der Waals surface area contributed by atoms with Gasteiger partial charge in [0.05, 0.1) is 6.04 Å². The fourth-order valence-electron chi connectivity index (χ4n) is 2.26. The molecule has 1 fully saturated rings. The van der Waals surface area contributed by atoms with E-state index < -0.39 is 0 Å². The quantitative estimate of drug-likeness (QED) is 0.768. The molecule has 88 valence electrons. The van der Waals surface area contributed by atoms with E-state index in [4.69, 9.17) is 0 Å². The summed E-state index contributed by atoms with van der Waals surface area (Å²) in [6.45, 7) is 8.28. The lowest BCUT2D eigenvalue weighted by atomic mass is 9.92. The second-order valence-electron chi connectivity index (χ2n) is 5.16. The summed E-state index contributed by atoms with van der Waals surface area (Å²) in [5.74, 6) is 1.27. The number of hydrogen-bond acceptors (Lipinski definition) is 2. The Labute approximate surface area is 93.2 Å². The van der Waals surface area contributed by atoms with Crippen molar-refractivity contribution in [2.45, 2.75) is 39.7 Å². The standard InChI is InChI=1S/C12H24N2O/c1-9(2)8-14(4)12(15)11-10(3)6-5-7-13-11/h9-11,13H,5-8H2,1-4H3. The van der Waals surface area contributed by atoms with Crippen LogP contribution >= 0.6 is 0 Å². The smallest absolute Gasteiger partial charge is 0.239 e. The van der Waals surface area contributed by atoms with Gasteiger partial charge in [0.2, 0.25) is 5.91 Å². The van der Waals surface area contributed by atoms with E-state index in [9.17, 15) is 4.79 Å². The number of carbonyl (C=O) groups is 1. The van der Waals surface area contributed by atoms with Gasteiger partial charge in [-0.25, -0.2) is 0 Å². The molecule has 1 N–H and O–H groups in total. The Morgan fingerprint density at radius 2 is 2.20 bits per heavy atom. The highest BCUT2D eigenvalue weighted by Gasteiger charge is 2.29. The average Bonchev–Trinajstić information content (AvgIpc) is 2.16. The summed E-state index contributed by atoms with van der Waals surface area (Å²) in [5.41, 5.74) is 0. The van der Waals surface area contributed by atoms with Gasteiger partial charge in [0.25, 0.3) is 0 Å². The zero-order valence-corrected chi connectivity index (χ0v) is 10.4. The minimum absolute atomic E-state index is 0.0440. The molecule has 0 aromatic heterocycles. The largest absolute Gasteiger partial charge is 0.344 e. The number of carbonyl (C=O) groups excluding carboxylic acids is 1. The lowest BCUT2D eigenvalue weighted by Crippen LogP contribution is -2.51. The maximum absolute atomic E-state index is 12.1. The molecule has 0 bridgehead atoms. The van der Waals surface area contributed by atoms with Crippen LogP contribution in [0.5, 0.6) is 0 Å². The van der Waals surface area contributed by atoms with Crippen LogP contribution in [0.4, 0.5) is 0 Å². The molecule has 1 aliphatic heterocycles. The Hall–Kier alpha value is -0.570. The van der Waals surface area contributed by atoms with E-state index in [-0.39, 0.29) is 11.9 Å². The van der Waals surface area contributed by atoms with Gasteiger partial charge in [-0.05, 0) is 31.2 Å². The molecule has 0 aromatic carbocycles. The highest BCUT2D eigenvalue weighted by molar-refractivity contribution is 5.82. The van der Waals surface area contributed by atoms with Crippen molar-refractivity contribution >= 4 is 5.91 Å². The Morgan fingerprint density at radius 1 is 1.53 bits per heavy atom. The normalized spacial score (nSPS) is 26.7. The fraction of sp³-hybridized carbons (Fsp3) is 0.917. The topological polar surface area (TPSA) is 32.3 Å². The van der Waals surface area contributed by atoms with Crippen LogP contribution in [0.3, 0.4) is 0 Å². The highest BCUT2D eigenvalue weighted by Crippen LogP contribution is 2.17. The van der Waals surface area contributed by atoms with Gasteiger partial charge in [-0.15, -0.1) is 0 Å². The van der Waals surface area contributed by atoms with Gasteiger partial charge in [0, 0.05) is 13.6 Å². The second kappa shape index (κ2) is 5.50. The molecule has 15 heavy (non-hydrogen) atoms. The SMILES string of the molecule is CC(C)CN(C)C(=O)C1NCCCC1C. The van der Waals surface area contributed by atoms with E-state index in [1.807, 2.05) is 11.9 Å². The molecule has 1 saturated heterocycles. The maximum atomic E-state index is 12.1. The van der Waals surface area contributed by atoms with E-state index in [2.05, 4.69) is 26.1 Å². The molecule has 1 rings (SSSR count). The first-order valence-corrected chi connectivity index (χ1v) is 6.00. The number of piperidine rings is 1. The van der Waals surface area contributed by atoms with Gasteiger partial charge in [0.1, 0.15) is 0 Å². The van der Waals surface area contributed by atoms with Gasteiger partial charge >= 0.3 is 0 Å². The summed E-state index contributed by atoms with van der Waals surface area (Å²) < 4.78 is 0. The van der Waals surface area contributed by atoms with Gasteiger partial charge in [-0.1, -0.05) is 20.8 Å². The molecule has 0 saturated carbocycles. The third-order valence-electron chi connectivity index (χ3n) is 3.05. The van der Waals surface area contributed by atoms with Gasteiger partial charge in [-0.2, -0.15) is 0 Å². The zero-order valence-electron chi connectivity index (χ0n) is 10.4. The van der Waals surface area contributed by atoms with Gasteiger partial charge < -0.3 is 10.2 Å². The lowest BCUT2D eigenvalue weighted by Gasteiger charge is -2.32. The molecule has 1 heterocycles. The number of amides is 1. The molecular formula is C12H24N2O. The van der Waals surface area contributed by atoms with E-state index in [1.54, 1.807) is 0 Å². The van der Waals surface area contributed by atoms with Crippen LogP contribution in [0.2, 0.25) is 0 Å². The summed E-state index contributed by atoms with van der Waals surface area (Å²) in [4.78, 5) is 14.0. The third-order valence-corrected chi connectivity index (χ3v) is 3.05. The summed E-state index contributed by atoms with van der Waals surface area (Å²) in [5, 5.41) is 3.33. The Bertz CT molecular complexity index is 216. The van der Waals surface area contributed by atoms with E-state index >= 15 is 0 Å². The summed E-state index contributed by atoms with van der Waals surface area (Å²) in [6.07, 6.45) is 2.36. The second-order valence-corrected chi connectivity index (χ2v) is 5.16. The summed E-state index contributed by atoms with van der Waals surface area (Å²) in [7, 11) is 1.91. The zero-order chi connectivity index (χ0) is 11.4. The van der Waals surface area contributed by atoms with Crippen molar-refractivity contribution in [3.8, 4) is 0 Å². The van der Waals surface area contributed by atoms with Crippen molar-refractivity contribution in [2.75, 3.05) is 20.1 Å². The average molecular weight is 212 g/mol. The minimum atomic E-state index is 0.0440. The van der Waals surface area contributed by atoms with Crippen LogP contribution in [-0.2, 0) is 4.79 Å². The van der Waals surface area contributed by atoms with Crippen LogP contribution in [-0.4, -0.2) is 37.0 Å². The molecule has 2 atom stereocenters. The summed E-state index contributed by atoms with van der Waals surface area (Å²) >= 11 is 0. The van der Waals surface area contributed by atoms with E-state index in [0.29, 0.717) is 11.8 Å². The molecule has 1 amide bonds. The monoisotopic (exact) mass is 212 g/mol. The van der Waals surface area contributed by atoms with Crippen molar-refractivity contribution in [3.63, 3.8) is 0 Å². The molecular weight excluding hydrogens is 188 g/mol. The molecule has 2 unspecified atom stereocenters. The molecule has 0 spiro atoms. The fourth-order valence-corrected chi connectivity index (χ4v) is 2.26. The van der Waals surface area contributed by atoms with Gasteiger partial charge in [0.15, 0.2) is 0 Å². The Balaban J connectivity index is 2.50. The molecule has 3 nitrogen and oxygen atoms in total. The van der Waals surface area contributed by atoms with E-state index in [0.717, 1.165) is 13.1 Å². The molecule has 1 aliphatic rings. The van der Waals surface area contributed by atoms with Crippen LogP contribution < -0.4 is 5.32 Å². The first kappa shape index (κ1) is 12.5. The van der Waals surface area contributed by atoms with Crippen molar-refractivity contribution < 1.29 is 4.79 Å². The number of likely N-dealkylation sites (N-methyl/N-ethyl adjacent to an activating group) is 1. The van der Waals surface area contributed by atoms with Crippen LogP contribution in [0.25, 0.3) is 0 Å². The first-order valence-electron chi connectivity index (χ1n) is 6.00. The highest BCUT2D eigenvalue weighted by atomic mass is 16.2. The Kier molecular flexibility index (Phi) is 4.58. The lowest BCUT2D eigenvalue weighted by molar-refractivity contribution is -0.134. The molecule has 0 aromatic rings. The Morgan fingerprint density at radius 3 is 2.73 bits per heavy atom. The van der Waals surface area contributed by atoms with Crippen LogP contribution in [0.1, 0.15) is 33.6 Å². The predicted molar refractivity (Wildman–Crippen MR) is 62.7 cm³/mol. The third kappa shape index (κ3) is 3.49. The van der Waals surface area contributed by atoms with Crippen LogP contribution in [0.15, 0.2) is 0 Å². The van der Waals surface area contributed by atoms with Gasteiger partial charge in [-0.3, -0.25) is 4.79 Å². The molecule has 3 heteroatoms. The molecule has 0 radical (unpaired) electrons. The maximum Gasteiger partial charge on any atom is 0.239 e.